The van der Waals surface area contributed by atoms with Crippen molar-refractivity contribution in [3.8, 4) is 11.5 Å². The van der Waals surface area contributed by atoms with Crippen LogP contribution in [0.4, 0.5) is 5.69 Å². The highest BCUT2D eigenvalue weighted by atomic mass is 16.5. The molecule has 2 rings (SSSR count). The van der Waals surface area contributed by atoms with Crippen molar-refractivity contribution in [2.45, 2.75) is 32.8 Å². The summed E-state index contributed by atoms with van der Waals surface area (Å²) in [6, 6.07) is 12.8. The van der Waals surface area contributed by atoms with Crippen LogP contribution in [0.3, 0.4) is 0 Å². The first kappa shape index (κ1) is 22.0. The lowest BCUT2D eigenvalue weighted by Crippen LogP contribution is -2.29. The molecule has 0 aromatic heterocycles. The molecule has 0 aliphatic rings. The molecule has 1 atom stereocenters. The van der Waals surface area contributed by atoms with Gasteiger partial charge in [-0.15, -0.1) is 0 Å². The number of methoxy groups -OCH3 is 2. The molecule has 6 heteroatoms. The summed E-state index contributed by atoms with van der Waals surface area (Å²) in [4.78, 5) is 24.5. The number of nitrogens with one attached hydrogen (secondary N) is 1. The van der Waals surface area contributed by atoms with E-state index in [2.05, 4.69) is 5.32 Å². The Morgan fingerprint density at radius 3 is 2.17 bits per heavy atom. The van der Waals surface area contributed by atoms with Crippen LogP contribution >= 0.6 is 0 Å². The largest absolute Gasteiger partial charge is 0.497 e. The molecule has 0 unspecified atom stereocenters. The van der Waals surface area contributed by atoms with Crippen LogP contribution in [-0.4, -0.2) is 32.2 Å². The second kappa shape index (κ2) is 10.3. The fraction of sp³-hybridized carbons (Fsp3) is 0.304. The van der Waals surface area contributed by atoms with Crippen molar-refractivity contribution in [2.75, 3.05) is 19.5 Å². The molecule has 0 heterocycles. The maximum absolute atomic E-state index is 12.4. The summed E-state index contributed by atoms with van der Waals surface area (Å²) >= 11 is 0. The van der Waals surface area contributed by atoms with E-state index in [0.29, 0.717) is 17.1 Å². The van der Waals surface area contributed by atoms with E-state index in [9.17, 15) is 9.59 Å². The van der Waals surface area contributed by atoms with E-state index in [1.807, 2.05) is 38.1 Å². The lowest BCUT2D eigenvalue weighted by Gasteiger charge is -2.16. The molecule has 0 bridgehead atoms. The predicted octanol–water partition coefficient (Wildman–Crippen LogP) is 4.41. The SMILES string of the molecule is COc1cc(/C=C/C(=O)O[C@H](C)C(=O)Nc2ccccc2C(C)C)cc(OC)c1. The third-order valence-corrected chi connectivity index (χ3v) is 4.29. The van der Waals surface area contributed by atoms with E-state index in [1.165, 1.54) is 13.0 Å². The second-order valence-corrected chi connectivity index (χ2v) is 6.79. The van der Waals surface area contributed by atoms with Crippen molar-refractivity contribution < 1.29 is 23.8 Å². The summed E-state index contributed by atoms with van der Waals surface area (Å²) in [6.07, 6.45) is 1.90. The Kier molecular flexibility index (Phi) is 7.83. The number of ether oxygens (including phenoxy) is 3. The van der Waals surface area contributed by atoms with Gasteiger partial charge in [-0.05, 0) is 48.2 Å². The quantitative estimate of drug-likeness (QED) is 0.528. The van der Waals surface area contributed by atoms with Gasteiger partial charge in [0.15, 0.2) is 6.10 Å². The van der Waals surface area contributed by atoms with Gasteiger partial charge in [-0.3, -0.25) is 4.79 Å². The summed E-state index contributed by atoms with van der Waals surface area (Å²) < 4.78 is 15.6. The number of hydrogen-bond acceptors (Lipinski definition) is 5. The molecule has 2 aromatic carbocycles. The van der Waals surface area contributed by atoms with Crippen molar-refractivity contribution in [3.05, 3.63) is 59.7 Å². The number of carbonyl (C=O) groups excluding carboxylic acids is 2. The van der Waals surface area contributed by atoms with E-state index in [0.717, 1.165) is 11.3 Å². The normalized spacial score (nSPS) is 11.9. The van der Waals surface area contributed by atoms with Crippen LogP contribution in [0.2, 0.25) is 0 Å². The zero-order chi connectivity index (χ0) is 21.4. The van der Waals surface area contributed by atoms with E-state index in [1.54, 1.807) is 38.5 Å². The van der Waals surface area contributed by atoms with Gasteiger partial charge in [-0.2, -0.15) is 0 Å². The highest BCUT2D eigenvalue weighted by Gasteiger charge is 2.18. The number of amides is 1. The molecule has 6 nitrogen and oxygen atoms in total. The third kappa shape index (κ3) is 6.38. The minimum absolute atomic E-state index is 0.257. The molecule has 29 heavy (non-hydrogen) atoms. The van der Waals surface area contributed by atoms with Gasteiger partial charge in [0.05, 0.1) is 14.2 Å². The van der Waals surface area contributed by atoms with Crippen molar-refractivity contribution in [1.82, 2.24) is 0 Å². The lowest BCUT2D eigenvalue weighted by atomic mass is 10.0. The number of para-hydroxylation sites is 1. The number of rotatable bonds is 8. The number of anilines is 1. The lowest BCUT2D eigenvalue weighted by molar-refractivity contribution is -0.148. The van der Waals surface area contributed by atoms with Crippen molar-refractivity contribution in [1.29, 1.82) is 0 Å². The zero-order valence-electron chi connectivity index (χ0n) is 17.4. The maximum atomic E-state index is 12.4. The summed E-state index contributed by atoms with van der Waals surface area (Å²) in [6.45, 7) is 5.63. The number of carbonyl (C=O) groups is 2. The zero-order valence-corrected chi connectivity index (χ0v) is 17.4. The minimum Gasteiger partial charge on any atom is -0.497 e. The summed E-state index contributed by atoms with van der Waals surface area (Å²) in [5, 5.41) is 2.83. The monoisotopic (exact) mass is 397 g/mol. The van der Waals surface area contributed by atoms with Gasteiger partial charge in [0.2, 0.25) is 0 Å². The highest BCUT2D eigenvalue weighted by Crippen LogP contribution is 2.24. The molecule has 0 radical (unpaired) electrons. The van der Waals surface area contributed by atoms with Gasteiger partial charge in [-0.25, -0.2) is 4.79 Å². The first-order valence-corrected chi connectivity index (χ1v) is 9.35. The van der Waals surface area contributed by atoms with Gasteiger partial charge in [0.1, 0.15) is 11.5 Å². The molecular formula is C23H27NO5. The summed E-state index contributed by atoms with van der Waals surface area (Å²) in [5.41, 5.74) is 2.45. The molecule has 0 fully saturated rings. The van der Waals surface area contributed by atoms with Crippen LogP contribution in [0.1, 0.15) is 37.8 Å². The second-order valence-electron chi connectivity index (χ2n) is 6.79. The van der Waals surface area contributed by atoms with Crippen molar-refractivity contribution in [3.63, 3.8) is 0 Å². The Labute approximate surface area is 171 Å². The Balaban J connectivity index is 2.00. The highest BCUT2D eigenvalue weighted by molar-refractivity contribution is 5.97. The molecular weight excluding hydrogens is 370 g/mol. The van der Waals surface area contributed by atoms with Gasteiger partial charge in [0, 0.05) is 17.8 Å². The maximum Gasteiger partial charge on any atom is 0.331 e. The average molecular weight is 397 g/mol. The van der Waals surface area contributed by atoms with Gasteiger partial charge in [-0.1, -0.05) is 32.0 Å². The topological polar surface area (TPSA) is 73.9 Å². The molecule has 2 aromatic rings. The van der Waals surface area contributed by atoms with E-state index < -0.39 is 12.1 Å². The molecule has 0 saturated carbocycles. The molecule has 0 aliphatic heterocycles. The Morgan fingerprint density at radius 2 is 1.59 bits per heavy atom. The fourth-order valence-corrected chi connectivity index (χ4v) is 2.71. The van der Waals surface area contributed by atoms with E-state index >= 15 is 0 Å². The van der Waals surface area contributed by atoms with Crippen LogP contribution in [0.15, 0.2) is 48.5 Å². The van der Waals surface area contributed by atoms with Crippen LogP contribution in [0.5, 0.6) is 11.5 Å². The molecule has 1 amide bonds. The first-order chi connectivity index (χ1) is 13.8. The van der Waals surface area contributed by atoms with Crippen LogP contribution in [-0.2, 0) is 14.3 Å². The van der Waals surface area contributed by atoms with Crippen LogP contribution < -0.4 is 14.8 Å². The third-order valence-electron chi connectivity index (χ3n) is 4.29. The number of benzene rings is 2. The first-order valence-electron chi connectivity index (χ1n) is 9.35. The minimum atomic E-state index is -0.938. The van der Waals surface area contributed by atoms with Gasteiger partial charge >= 0.3 is 5.97 Å². The molecule has 154 valence electrons. The molecule has 0 aliphatic carbocycles. The number of esters is 1. The van der Waals surface area contributed by atoms with Crippen LogP contribution in [0, 0.1) is 0 Å². The smallest absolute Gasteiger partial charge is 0.331 e. The van der Waals surface area contributed by atoms with Crippen molar-refractivity contribution in [2.24, 2.45) is 0 Å². The molecule has 1 N–H and O–H groups in total. The average Bonchev–Trinajstić information content (AvgIpc) is 2.72. The molecule has 0 saturated heterocycles. The summed E-state index contributed by atoms with van der Waals surface area (Å²) in [5.74, 6) is 0.462. The molecule has 0 spiro atoms. The Morgan fingerprint density at radius 1 is 0.966 bits per heavy atom. The Bertz CT molecular complexity index is 866. The van der Waals surface area contributed by atoms with Gasteiger partial charge < -0.3 is 19.5 Å². The fourth-order valence-electron chi connectivity index (χ4n) is 2.71. The standard InChI is InChI=1S/C23H27NO5/c1-15(2)20-8-6-7-9-21(20)24-23(26)16(3)29-22(25)11-10-17-12-18(27-4)14-19(13-17)28-5/h6-16H,1-5H3,(H,24,26)/b11-10+/t16-/m1/s1. The van der Waals surface area contributed by atoms with Crippen LogP contribution in [0.25, 0.3) is 6.08 Å². The Hall–Kier alpha value is -3.28. The van der Waals surface area contributed by atoms with Crippen molar-refractivity contribution >= 4 is 23.6 Å². The van der Waals surface area contributed by atoms with E-state index in [-0.39, 0.29) is 11.8 Å². The van der Waals surface area contributed by atoms with E-state index in [4.69, 9.17) is 14.2 Å². The summed E-state index contributed by atoms with van der Waals surface area (Å²) in [7, 11) is 3.10. The van der Waals surface area contributed by atoms with Gasteiger partial charge in [0.25, 0.3) is 5.91 Å². The predicted molar refractivity (Wildman–Crippen MR) is 113 cm³/mol. The number of hydrogen-bond donors (Lipinski definition) is 1.